The highest BCUT2D eigenvalue weighted by Crippen LogP contribution is 2.13. The first-order chi connectivity index (χ1) is 9.04. The van der Waals surface area contributed by atoms with E-state index in [0.717, 1.165) is 6.42 Å². The summed E-state index contributed by atoms with van der Waals surface area (Å²) in [6, 6.07) is 1.67. The fraction of sp³-hybridized carbons (Fsp3) is 0.571. The number of aliphatic hydroxyl groups excluding tert-OH is 1. The Morgan fingerprint density at radius 3 is 2.84 bits per heavy atom. The largest absolute Gasteiger partial charge is 0.392 e. The molecule has 19 heavy (non-hydrogen) atoms. The number of nitrogens with zero attached hydrogens (tertiary/aromatic N) is 1. The highest BCUT2D eigenvalue weighted by molar-refractivity contribution is 5.94. The normalized spacial score (nSPS) is 12.5. The predicted molar refractivity (Wildman–Crippen MR) is 73.7 cm³/mol. The molecule has 1 atom stereocenters. The molecule has 0 fully saturated rings. The number of hydrogen-bond donors (Lipinski definition) is 2. The van der Waals surface area contributed by atoms with E-state index < -0.39 is 6.10 Å². The summed E-state index contributed by atoms with van der Waals surface area (Å²) in [4.78, 5) is 15.8. The van der Waals surface area contributed by atoms with Gasteiger partial charge in [-0.2, -0.15) is 0 Å². The predicted octanol–water partition coefficient (Wildman–Crippen LogP) is 1.96. The van der Waals surface area contributed by atoms with Gasteiger partial charge in [0.05, 0.1) is 18.5 Å². The van der Waals surface area contributed by atoms with Gasteiger partial charge in [-0.3, -0.25) is 9.78 Å². The summed E-state index contributed by atoms with van der Waals surface area (Å²) in [6.07, 6.45) is 3.49. The second-order valence-electron chi connectivity index (χ2n) is 4.88. The fourth-order valence-corrected chi connectivity index (χ4v) is 1.46. The quantitative estimate of drug-likeness (QED) is 0.791. The summed E-state index contributed by atoms with van der Waals surface area (Å²) in [5.41, 5.74) is 1.16. The number of nitrogens with one attached hydrogen (secondary N) is 1. The minimum Gasteiger partial charge on any atom is -0.392 e. The Bertz CT molecular complexity index is 407. The van der Waals surface area contributed by atoms with Crippen molar-refractivity contribution in [1.82, 2.24) is 4.98 Å². The van der Waals surface area contributed by atoms with Crippen molar-refractivity contribution in [2.45, 2.75) is 39.9 Å². The van der Waals surface area contributed by atoms with Crippen molar-refractivity contribution >= 4 is 11.6 Å². The van der Waals surface area contributed by atoms with Crippen LogP contribution in [0.1, 0.15) is 32.8 Å². The van der Waals surface area contributed by atoms with Crippen LogP contribution in [-0.2, 0) is 16.1 Å². The number of amides is 1. The van der Waals surface area contributed by atoms with Crippen molar-refractivity contribution in [2.24, 2.45) is 5.92 Å². The van der Waals surface area contributed by atoms with Gasteiger partial charge in [-0.15, -0.1) is 0 Å². The molecule has 0 radical (unpaired) electrons. The number of pyridine rings is 1. The molecule has 1 heterocycles. The molecule has 5 heteroatoms. The van der Waals surface area contributed by atoms with Gasteiger partial charge in [0.2, 0.25) is 0 Å². The molecule has 0 aliphatic heterocycles. The molecule has 1 rings (SSSR count). The van der Waals surface area contributed by atoms with Crippen molar-refractivity contribution in [1.29, 1.82) is 0 Å². The van der Waals surface area contributed by atoms with Gasteiger partial charge in [0.15, 0.2) is 0 Å². The lowest BCUT2D eigenvalue weighted by molar-refractivity contribution is -0.126. The molecule has 1 aromatic heterocycles. The highest BCUT2D eigenvalue weighted by Gasteiger charge is 2.15. The van der Waals surface area contributed by atoms with E-state index in [-0.39, 0.29) is 12.5 Å². The van der Waals surface area contributed by atoms with Crippen molar-refractivity contribution in [2.75, 3.05) is 11.9 Å². The van der Waals surface area contributed by atoms with Crippen molar-refractivity contribution < 1.29 is 14.6 Å². The van der Waals surface area contributed by atoms with Gasteiger partial charge in [-0.25, -0.2) is 0 Å². The summed E-state index contributed by atoms with van der Waals surface area (Å²) in [5.74, 6) is 0.320. The van der Waals surface area contributed by atoms with Crippen LogP contribution in [0.5, 0.6) is 0 Å². The minimum atomic E-state index is -0.523. The zero-order chi connectivity index (χ0) is 14.3. The first kappa shape index (κ1) is 15.6. The van der Waals surface area contributed by atoms with Crippen molar-refractivity contribution in [3.63, 3.8) is 0 Å². The first-order valence-corrected chi connectivity index (χ1v) is 6.50. The average molecular weight is 266 g/mol. The second kappa shape index (κ2) is 7.86. The topological polar surface area (TPSA) is 71.5 Å². The summed E-state index contributed by atoms with van der Waals surface area (Å²) < 4.78 is 5.47. The minimum absolute atomic E-state index is 0.138. The molecule has 1 unspecified atom stereocenters. The molecule has 0 bridgehead atoms. The van der Waals surface area contributed by atoms with Crippen LogP contribution in [0.4, 0.5) is 5.69 Å². The number of aromatic nitrogens is 1. The summed E-state index contributed by atoms with van der Waals surface area (Å²) in [6.45, 7) is 6.35. The van der Waals surface area contributed by atoms with Crippen LogP contribution < -0.4 is 5.32 Å². The van der Waals surface area contributed by atoms with Crippen LogP contribution in [0.15, 0.2) is 18.5 Å². The Labute approximate surface area is 114 Å². The van der Waals surface area contributed by atoms with E-state index in [9.17, 15) is 4.79 Å². The van der Waals surface area contributed by atoms with E-state index in [1.165, 1.54) is 6.20 Å². The van der Waals surface area contributed by atoms with Gasteiger partial charge < -0.3 is 15.2 Å². The van der Waals surface area contributed by atoms with Crippen molar-refractivity contribution in [3.05, 3.63) is 24.0 Å². The Hall–Kier alpha value is -1.46. The third kappa shape index (κ3) is 5.36. The molecular formula is C14H22N2O3. The van der Waals surface area contributed by atoms with Gasteiger partial charge in [0.1, 0.15) is 6.10 Å². The molecule has 1 amide bonds. The van der Waals surface area contributed by atoms with E-state index in [1.54, 1.807) is 19.2 Å². The van der Waals surface area contributed by atoms with Gasteiger partial charge in [0.25, 0.3) is 5.91 Å². The number of rotatable bonds is 7. The zero-order valence-electron chi connectivity index (χ0n) is 11.7. The lowest BCUT2D eigenvalue weighted by atomic mass is 10.1. The molecule has 0 saturated carbocycles. The van der Waals surface area contributed by atoms with E-state index >= 15 is 0 Å². The number of anilines is 1. The van der Waals surface area contributed by atoms with Crippen LogP contribution in [0.2, 0.25) is 0 Å². The lowest BCUT2D eigenvalue weighted by Gasteiger charge is -2.15. The molecule has 5 nitrogen and oxygen atoms in total. The number of carbonyl (C=O) groups excluding carboxylic acids is 1. The molecular weight excluding hydrogens is 244 g/mol. The number of ether oxygens (including phenoxy) is 1. The molecule has 0 aliphatic rings. The molecule has 1 aromatic rings. The molecule has 2 N–H and O–H groups in total. The lowest BCUT2D eigenvalue weighted by Crippen LogP contribution is -2.28. The van der Waals surface area contributed by atoms with E-state index in [1.807, 2.05) is 0 Å². The van der Waals surface area contributed by atoms with Crippen LogP contribution in [0.3, 0.4) is 0 Å². The number of aliphatic hydroxyl groups is 1. The number of hydrogen-bond acceptors (Lipinski definition) is 4. The maximum Gasteiger partial charge on any atom is 0.253 e. The van der Waals surface area contributed by atoms with E-state index in [2.05, 4.69) is 24.1 Å². The van der Waals surface area contributed by atoms with Gasteiger partial charge in [0, 0.05) is 18.4 Å². The average Bonchev–Trinajstić information content (AvgIpc) is 2.38. The zero-order valence-corrected chi connectivity index (χ0v) is 11.7. The molecule has 0 spiro atoms. The third-order valence-corrected chi connectivity index (χ3v) is 2.77. The SMILES string of the molecule is CC(C)CCOC(C)C(=O)Nc1cnccc1CO. The van der Waals surface area contributed by atoms with Gasteiger partial charge >= 0.3 is 0 Å². The Balaban J connectivity index is 2.49. The first-order valence-electron chi connectivity index (χ1n) is 6.50. The summed E-state index contributed by atoms with van der Waals surface area (Å²) in [5, 5.41) is 11.9. The van der Waals surface area contributed by atoms with Crippen LogP contribution in [0.25, 0.3) is 0 Å². The molecule has 0 aromatic carbocycles. The van der Waals surface area contributed by atoms with Crippen LogP contribution >= 0.6 is 0 Å². The molecule has 0 aliphatic carbocycles. The maximum absolute atomic E-state index is 11.9. The maximum atomic E-state index is 11.9. The smallest absolute Gasteiger partial charge is 0.253 e. The third-order valence-electron chi connectivity index (χ3n) is 2.77. The number of carbonyl (C=O) groups is 1. The van der Waals surface area contributed by atoms with Crippen molar-refractivity contribution in [3.8, 4) is 0 Å². The van der Waals surface area contributed by atoms with Gasteiger partial charge in [-0.1, -0.05) is 13.8 Å². The standard InChI is InChI=1S/C14H22N2O3/c1-10(2)5-7-19-11(3)14(18)16-13-8-15-6-4-12(13)9-17/h4,6,8,10-11,17H,5,7,9H2,1-3H3,(H,16,18). The Morgan fingerprint density at radius 2 is 2.21 bits per heavy atom. The monoisotopic (exact) mass is 266 g/mol. The van der Waals surface area contributed by atoms with Crippen LogP contribution in [-0.4, -0.2) is 28.7 Å². The molecule has 0 saturated heterocycles. The van der Waals surface area contributed by atoms with Crippen LogP contribution in [0, 0.1) is 5.92 Å². The van der Waals surface area contributed by atoms with E-state index in [0.29, 0.717) is 23.8 Å². The molecule has 106 valence electrons. The summed E-state index contributed by atoms with van der Waals surface area (Å²) in [7, 11) is 0. The Morgan fingerprint density at radius 1 is 1.47 bits per heavy atom. The highest BCUT2D eigenvalue weighted by atomic mass is 16.5. The second-order valence-corrected chi connectivity index (χ2v) is 4.88. The fourth-order valence-electron chi connectivity index (χ4n) is 1.46. The van der Waals surface area contributed by atoms with E-state index in [4.69, 9.17) is 9.84 Å². The summed E-state index contributed by atoms with van der Waals surface area (Å²) >= 11 is 0. The Kier molecular flexibility index (Phi) is 6.45. The van der Waals surface area contributed by atoms with Gasteiger partial charge in [-0.05, 0) is 25.3 Å².